The van der Waals surface area contributed by atoms with Crippen LogP contribution in [0.4, 0.5) is 0 Å². The van der Waals surface area contributed by atoms with E-state index in [2.05, 4.69) is 0 Å². The van der Waals surface area contributed by atoms with Crippen LogP contribution in [-0.4, -0.2) is 27.1 Å². The molecule has 0 saturated heterocycles. The molecule has 0 atom stereocenters. The Hall–Kier alpha value is -0.610. The smallest absolute Gasteiger partial charge is 0.303 e. The summed E-state index contributed by atoms with van der Waals surface area (Å²) in [5.41, 5.74) is 0. The van der Waals surface area contributed by atoms with E-state index in [1.165, 1.54) is 32.1 Å². The molecule has 0 aromatic rings. The van der Waals surface area contributed by atoms with Gasteiger partial charge in [0.05, 0.1) is 0 Å². The molecule has 0 heterocycles. The van der Waals surface area contributed by atoms with Crippen LogP contribution in [0.3, 0.4) is 0 Å². The number of carboxylic acids is 1. The van der Waals surface area contributed by atoms with Crippen molar-refractivity contribution in [3.8, 4) is 0 Å². The molecule has 0 aliphatic rings. The molecular formula is C16H32O4. The Labute approximate surface area is 123 Å². The van der Waals surface area contributed by atoms with Gasteiger partial charge in [-0.1, -0.05) is 58.3 Å². The van der Waals surface area contributed by atoms with Crippen molar-refractivity contribution in [1.82, 2.24) is 0 Å². The molecule has 0 amide bonds. The van der Waals surface area contributed by atoms with Crippen LogP contribution in [0.25, 0.3) is 0 Å². The number of hydrogen-bond donors (Lipinski definition) is 3. The summed E-state index contributed by atoms with van der Waals surface area (Å²) in [5, 5.41) is 27.3. The average molecular weight is 288 g/mol. The van der Waals surface area contributed by atoms with Gasteiger partial charge in [0.25, 0.3) is 0 Å². The zero-order chi connectivity index (χ0) is 15.3. The first-order chi connectivity index (χ1) is 9.48. The first-order valence-electron chi connectivity index (χ1n) is 8.14. The van der Waals surface area contributed by atoms with Gasteiger partial charge < -0.3 is 15.3 Å². The maximum atomic E-state index is 10.3. The maximum absolute atomic E-state index is 10.3. The van der Waals surface area contributed by atoms with E-state index in [0.29, 0.717) is 19.3 Å². The average Bonchev–Trinajstić information content (AvgIpc) is 2.39. The summed E-state index contributed by atoms with van der Waals surface area (Å²) < 4.78 is 0. The largest absolute Gasteiger partial charge is 0.481 e. The molecule has 0 bridgehead atoms. The number of unbranched alkanes of at least 4 members (excludes halogenated alkanes) is 9. The lowest BCUT2D eigenvalue weighted by Gasteiger charge is -2.19. The van der Waals surface area contributed by atoms with Crippen molar-refractivity contribution in [3.63, 3.8) is 0 Å². The zero-order valence-electron chi connectivity index (χ0n) is 12.9. The quantitative estimate of drug-likeness (QED) is 0.335. The highest BCUT2D eigenvalue weighted by Crippen LogP contribution is 2.17. The normalized spacial score (nSPS) is 11.8. The van der Waals surface area contributed by atoms with Crippen molar-refractivity contribution in [3.05, 3.63) is 0 Å². The lowest BCUT2D eigenvalue weighted by molar-refractivity contribution is -0.167. The second kappa shape index (κ2) is 12.2. The fourth-order valence-electron chi connectivity index (χ4n) is 2.28. The van der Waals surface area contributed by atoms with Crippen LogP contribution in [0, 0.1) is 0 Å². The van der Waals surface area contributed by atoms with Gasteiger partial charge in [-0.15, -0.1) is 0 Å². The highest BCUT2D eigenvalue weighted by atomic mass is 16.5. The van der Waals surface area contributed by atoms with Crippen LogP contribution in [0.15, 0.2) is 0 Å². The molecule has 20 heavy (non-hydrogen) atoms. The summed E-state index contributed by atoms with van der Waals surface area (Å²) in [6, 6.07) is 0. The Bertz CT molecular complexity index is 239. The molecule has 120 valence electrons. The van der Waals surface area contributed by atoms with Crippen molar-refractivity contribution >= 4 is 5.97 Å². The predicted molar refractivity (Wildman–Crippen MR) is 80.5 cm³/mol. The van der Waals surface area contributed by atoms with E-state index >= 15 is 0 Å². The van der Waals surface area contributed by atoms with Crippen molar-refractivity contribution in [2.24, 2.45) is 0 Å². The molecule has 4 nitrogen and oxygen atoms in total. The third-order valence-corrected chi connectivity index (χ3v) is 3.78. The number of aliphatic hydroxyl groups is 2. The minimum absolute atomic E-state index is 0.301. The summed E-state index contributed by atoms with van der Waals surface area (Å²) in [4.78, 5) is 10.3. The highest BCUT2D eigenvalue weighted by Gasteiger charge is 2.18. The fraction of sp³-hybridized carbons (Fsp3) is 0.938. The molecule has 4 heteroatoms. The van der Waals surface area contributed by atoms with Gasteiger partial charge >= 0.3 is 5.97 Å². The van der Waals surface area contributed by atoms with Gasteiger partial charge in [-0.3, -0.25) is 4.79 Å². The van der Waals surface area contributed by atoms with Crippen LogP contribution in [0.5, 0.6) is 0 Å². The molecule has 0 aliphatic heterocycles. The molecule has 0 fully saturated rings. The fourth-order valence-corrected chi connectivity index (χ4v) is 2.28. The molecule has 0 saturated carbocycles. The first kappa shape index (κ1) is 19.4. The number of aliphatic carboxylic acids is 1. The second-order valence-electron chi connectivity index (χ2n) is 5.77. The Morgan fingerprint density at radius 3 is 1.60 bits per heavy atom. The summed E-state index contributed by atoms with van der Waals surface area (Å²) in [6.07, 6.45) is 12.1. The monoisotopic (exact) mass is 288 g/mol. The lowest BCUT2D eigenvalue weighted by Crippen LogP contribution is -2.26. The Balaban J connectivity index is 3.12. The summed E-state index contributed by atoms with van der Waals surface area (Å²) in [7, 11) is 0. The second-order valence-corrected chi connectivity index (χ2v) is 5.77. The molecule has 0 spiro atoms. The van der Waals surface area contributed by atoms with Crippen molar-refractivity contribution in [2.75, 3.05) is 0 Å². The molecule has 0 radical (unpaired) electrons. The zero-order valence-corrected chi connectivity index (χ0v) is 12.9. The van der Waals surface area contributed by atoms with E-state index < -0.39 is 11.8 Å². The Morgan fingerprint density at radius 2 is 1.20 bits per heavy atom. The van der Waals surface area contributed by atoms with E-state index in [4.69, 9.17) is 5.11 Å². The van der Waals surface area contributed by atoms with E-state index in [1.54, 1.807) is 6.92 Å². The summed E-state index contributed by atoms with van der Waals surface area (Å²) in [6.45, 7) is 1.79. The first-order valence-corrected chi connectivity index (χ1v) is 8.14. The Morgan fingerprint density at radius 1 is 0.800 bits per heavy atom. The van der Waals surface area contributed by atoms with Crippen LogP contribution in [0.1, 0.15) is 90.4 Å². The van der Waals surface area contributed by atoms with Gasteiger partial charge in [0.1, 0.15) is 0 Å². The molecule has 0 aromatic heterocycles. The molecule has 0 rings (SSSR count). The third-order valence-electron chi connectivity index (χ3n) is 3.78. The maximum Gasteiger partial charge on any atom is 0.303 e. The van der Waals surface area contributed by atoms with Gasteiger partial charge in [-0.05, 0) is 19.3 Å². The van der Waals surface area contributed by atoms with Gasteiger partial charge in [-0.25, -0.2) is 0 Å². The van der Waals surface area contributed by atoms with Crippen molar-refractivity contribution in [2.45, 2.75) is 96.2 Å². The van der Waals surface area contributed by atoms with Crippen LogP contribution >= 0.6 is 0 Å². The molecule has 0 unspecified atom stereocenters. The highest BCUT2D eigenvalue weighted by molar-refractivity contribution is 5.66. The number of hydrogen-bond acceptors (Lipinski definition) is 3. The molecule has 0 aromatic carbocycles. The lowest BCUT2D eigenvalue weighted by atomic mass is 10.0. The van der Waals surface area contributed by atoms with Crippen molar-refractivity contribution in [1.29, 1.82) is 0 Å². The van der Waals surface area contributed by atoms with Gasteiger partial charge in [0.2, 0.25) is 0 Å². The van der Waals surface area contributed by atoms with Crippen LogP contribution < -0.4 is 0 Å². The Kier molecular flexibility index (Phi) is 11.8. The summed E-state index contributed by atoms with van der Waals surface area (Å²) in [5.74, 6) is -2.15. The van der Waals surface area contributed by atoms with Gasteiger partial charge in [-0.2, -0.15) is 0 Å². The number of carboxylic acid groups (broad SMARTS) is 1. The predicted octanol–water partition coefficient (Wildman–Crippen LogP) is 3.84. The van der Waals surface area contributed by atoms with Gasteiger partial charge in [0.15, 0.2) is 5.79 Å². The molecule has 0 aliphatic carbocycles. The summed E-state index contributed by atoms with van der Waals surface area (Å²) >= 11 is 0. The van der Waals surface area contributed by atoms with Crippen LogP contribution in [-0.2, 0) is 4.79 Å². The minimum Gasteiger partial charge on any atom is -0.481 e. The number of carbonyl (C=O) groups is 1. The van der Waals surface area contributed by atoms with Crippen molar-refractivity contribution < 1.29 is 20.1 Å². The van der Waals surface area contributed by atoms with Crippen LogP contribution in [0.2, 0.25) is 0 Å². The SMILES string of the molecule is CCC(O)(O)CCCCCCCCCCCCC(=O)O. The molecular weight excluding hydrogens is 256 g/mol. The minimum atomic E-state index is -1.46. The third kappa shape index (κ3) is 13.8. The van der Waals surface area contributed by atoms with E-state index in [1.807, 2.05) is 0 Å². The standard InChI is InChI=1S/C16H32O4/c1-2-16(19,20)14-12-10-8-6-4-3-5-7-9-11-13-15(17)18/h19-20H,2-14H2,1H3,(H,17,18). The van der Waals surface area contributed by atoms with E-state index in [-0.39, 0.29) is 0 Å². The van der Waals surface area contributed by atoms with E-state index in [9.17, 15) is 15.0 Å². The molecule has 3 N–H and O–H groups in total. The van der Waals surface area contributed by atoms with E-state index in [0.717, 1.165) is 32.1 Å². The topological polar surface area (TPSA) is 77.8 Å². The van der Waals surface area contributed by atoms with Gasteiger partial charge in [0, 0.05) is 12.8 Å². The number of rotatable bonds is 14.